The smallest absolute Gasteiger partial charge is 0.156 e. The molecule has 2 unspecified atom stereocenters. The molecule has 0 bridgehead atoms. The second-order valence-electron chi connectivity index (χ2n) is 4.32. The van der Waals surface area contributed by atoms with Gasteiger partial charge in [-0.15, -0.1) is 0 Å². The fraction of sp³-hybridized carbons (Fsp3) is 0.909. The number of ether oxygens (including phenoxy) is 1. The predicted molar refractivity (Wildman–Crippen MR) is 57.4 cm³/mol. The van der Waals surface area contributed by atoms with Crippen molar-refractivity contribution in [1.82, 2.24) is 10.2 Å². The zero-order valence-electron chi connectivity index (χ0n) is 9.11. The van der Waals surface area contributed by atoms with Gasteiger partial charge >= 0.3 is 0 Å². The normalized spacial score (nSPS) is 34.3. The van der Waals surface area contributed by atoms with E-state index < -0.39 is 0 Å². The van der Waals surface area contributed by atoms with Crippen molar-refractivity contribution in [2.75, 3.05) is 32.8 Å². The first kappa shape index (κ1) is 10.9. The lowest BCUT2D eigenvalue weighted by atomic mass is 10.1. The maximum absolute atomic E-state index is 8.85. The molecule has 1 N–H and O–H groups in total. The number of rotatable bonds is 1. The summed E-state index contributed by atoms with van der Waals surface area (Å²) in [5.41, 5.74) is 0. The van der Waals surface area contributed by atoms with Crippen LogP contribution in [-0.2, 0) is 4.74 Å². The van der Waals surface area contributed by atoms with Gasteiger partial charge in [0, 0.05) is 19.1 Å². The minimum absolute atomic E-state index is 0.213. The Morgan fingerprint density at radius 3 is 3.13 bits per heavy atom. The summed E-state index contributed by atoms with van der Waals surface area (Å²) < 4.78 is 5.36. The first-order valence-electron chi connectivity index (χ1n) is 5.86. The van der Waals surface area contributed by atoms with Crippen LogP contribution in [0.2, 0.25) is 0 Å². The fourth-order valence-electron chi connectivity index (χ4n) is 2.44. The number of nitrogens with zero attached hydrogens (tertiary/aromatic N) is 2. The molecule has 0 radical (unpaired) electrons. The SMILES string of the molecule is N#CC1CN(C2CCCNCC2)CCO1. The molecule has 2 rings (SSSR count). The number of nitrogens with one attached hydrogen (secondary N) is 1. The fourth-order valence-corrected chi connectivity index (χ4v) is 2.44. The molecule has 2 atom stereocenters. The van der Waals surface area contributed by atoms with Crippen LogP contribution in [0.1, 0.15) is 19.3 Å². The van der Waals surface area contributed by atoms with Crippen molar-refractivity contribution in [2.24, 2.45) is 0 Å². The summed E-state index contributed by atoms with van der Waals surface area (Å²) in [5.74, 6) is 0. The highest BCUT2D eigenvalue weighted by Crippen LogP contribution is 2.16. The Bertz CT molecular complexity index is 230. The van der Waals surface area contributed by atoms with Crippen molar-refractivity contribution < 1.29 is 4.74 Å². The van der Waals surface area contributed by atoms with Crippen LogP contribution in [0.5, 0.6) is 0 Å². The maximum Gasteiger partial charge on any atom is 0.156 e. The van der Waals surface area contributed by atoms with Crippen molar-refractivity contribution in [2.45, 2.75) is 31.4 Å². The highest BCUT2D eigenvalue weighted by atomic mass is 16.5. The van der Waals surface area contributed by atoms with Gasteiger partial charge in [0.2, 0.25) is 0 Å². The number of nitriles is 1. The third-order valence-corrected chi connectivity index (χ3v) is 3.30. The first-order valence-corrected chi connectivity index (χ1v) is 5.86. The summed E-state index contributed by atoms with van der Waals surface area (Å²) in [4.78, 5) is 2.43. The van der Waals surface area contributed by atoms with Gasteiger partial charge in [-0.1, -0.05) is 0 Å². The highest BCUT2D eigenvalue weighted by Gasteiger charge is 2.26. The number of morpholine rings is 1. The van der Waals surface area contributed by atoms with Gasteiger partial charge in [0.15, 0.2) is 6.10 Å². The van der Waals surface area contributed by atoms with Gasteiger partial charge in [-0.3, -0.25) is 4.90 Å². The van der Waals surface area contributed by atoms with E-state index in [0.717, 1.165) is 26.2 Å². The van der Waals surface area contributed by atoms with Gasteiger partial charge in [0.25, 0.3) is 0 Å². The molecule has 0 aromatic carbocycles. The van der Waals surface area contributed by atoms with Gasteiger partial charge in [0.05, 0.1) is 12.7 Å². The highest BCUT2D eigenvalue weighted by molar-refractivity contribution is 4.91. The van der Waals surface area contributed by atoms with E-state index >= 15 is 0 Å². The van der Waals surface area contributed by atoms with Gasteiger partial charge in [0.1, 0.15) is 0 Å². The van der Waals surface area contributed by atoms with Crippen molar-refractivity contribution in [1.29, 1.82) is 5.26 Å². The molecule has 2 saturated heterocycles. The Morgan fingerprint density at radius 1 is 1.33 bits per heavy atom. The summed E-state index contributed by atoms with van der Waals surface area (Å²) in [5, 5.41) is 12.3. The quantitative estimate of drug-likeness (QED) is 0.677. The molecule has 0 aromatic heterocycles. The minimum atomic E-state index is -0.213. The first-order chi connectivity index (χ1) is 7.40. The number of hydrogen-bond acceptors (Lipinski definition) is 4. The van der Waals surface area contributed by atoms with E-state index in [1.807, 2.05) is 0 Å². The maximum atomic E-state index is 8.85. The van der Waals surface area contributed by atoms with E-state index in [-0.39, 0.29) is 6.10 Å². The molecule has 2 fully saturated rings. The van der Waals surface area contributed by atoms with Crippen LogP contribution in [0.4, 0.5) is 0 Å². The van der Waals surface area contributed by atoms with Crippen LogP contribution in [0.25, 0.3) is 0 Å². The van der Waals surface area contributed by atoms with Crippen LogP contribution >= 0.6 is 0 Å². The lowest BCUT2D eigenvalue weighted by Crippen LogP contribution is -2.47. The Morgan fingerprint density at radius 2 is 2.27 bits per heavy atom. The monoisotopic (exact) mass is 209 g/mol. The molecule has 2 heterocycles. The Hall–Kier alpha value is -0.630. The summed E-state index contributed by atoms with van der Waals surface area (Å²) in [7, 11) is 0. The van der Waals surface area contributed by atoms with Gasteiger partial charge in [-0.2, -0.15) is 5.26 Å². The molecule has 4 nitrogen and oxygen atoms in total. The minimum Gasteiger partial charge on any atom is -0.361 e. The van der Waals surface area contributed by atoms with E-state index in [0.29, 0.717) is 12.6 Å². The van der Waals surface area contributed by atoms with E-state index in [4.69, 9.17) is 10.00 Å². The lowest BCUT2D eigenvalue weighted by Gasteiger charge is -2.35. The molecule has 0 saturated carbocycles. The van der Waals surface area contributed by atoms with Crippen LogP contribution in [0, 0.1) is 11.3 Å². The van der Waals surface area contributed by atoms with Crippen LogP contribution in [0.3, 0.4) is 0 Å². The zero-order valence-corrected chi connectivity index (χ0v) is 9.11. The third-order valence-electron chi connectivity index (χ3n) is 3.30. The number of hydrogen-bond donors (Lipinski definition) is 1. The molecule has 2 aliphatic heterocycles. The van der Waals surface area contributed by atoms with E-state index in [9.17, 15) is 0 Å². The largest absolute Gasteiger partial charge is 0.361 e. The molecule has 84 valence electrons. The average Bonchev–Trinajstić information content (AvgIpc) is 2.58. The topological polar surface area (TPSA) is 48.3 Å². The predicted octanol–water partition coefficient (Wildman–Crippen LogP) is 0.353. The van der Waals surface area contributed by atoms with Crippen LogP contribution in [0.15, 0.2) is 0 Å². The van der Waals surface area contributed by atoms with Gasteiger partial charge < -0.3 is 10.1 Å². The lowest BCUT2D eigenvalue weighted by molar-refractivity contribution is -0.0189. The van der Waals surface area contributed by atoms with Crippen LogP contribution in [-0.4, -0.2) is 49.8 Å². The second-order valence-corrected chi connectivity index (χ2v) is 4.32. The van der Waals surface area contributed by atoms with Crippen molar-refractivity contribution in [3.05, 3.63) is 0 Å². The molecule has 0 aliphatic carbocycles. The average molecular weight is 209 g/mol. The molecule has 0 spiro atoms. The van der Waals surface area contributed by atoms with Crippen LogP contribution < -0.4 is 5.32 Å². The van der Waals surface area contributed by atoms with Gasteiger partial charge in [-0.25, -0.2) is 0 Å². The van der Waals surface area contributed by atoms with E-state index in [1.165, 1.54) is 19.3 Å². The molecule has 15 heavy (non-hydrogen) atoms. The molecule has 4 heteroatoms. The molecular formula is C11H19N3O. The zero-order chi connectivity index (χ0) is 10.5. The summed E-state index contributed by atoms with van der Waals surface area (Å²) >= 11 is 0. The Kier molecular flexibility index (Phi) is 3.95. The third kappa shape index (κ3) is 2.91. The summed E-state index contributed by atoms with van der Waals surface area (Å²) in [6, 6.07) is 2.86. The standard InChI is InChI=1S/C11H19N3O/c12-8-11-9-14(6-7-15-11)10-2-1-4-13-5-3-10/h10-11,13H,1-7,9H2. The van der Waals surface area contributed by atoms with E-state index in [1.54, 1.807) is 0 Å². The van der Waals surface area contributed by atoms with Crippen molar-refractivity contribution in [3.63, 3.8) is 0 Å². The Balaban J connectivity index is 1.88. The molecule has 0 amide bonds. The summed E-state index contributed by atoms with van der Waals surface area (Å²) in [6.07, 6.45) is 3.50. The molecular weight excluding hydrogens is 190 g/mol. The second kappa shape index (κ2) is 5.45. The van der Waals surface area contributed by atoms with Crippen molar-refractivity contribution in [3.8, 4) is 6.07 Å². The van der Waals surface area contributed by atoms with Crippen molar-refractivity contribution >= 4 is 0 Å². The Labute approximate surface area is 91.2 Å². The molecule has 2 aliphatic rings. The van der Waals surface area contributed by atoms with E-state index in [2.05, 4.69) is 16.3 Å². The molecule has 0 aromatic rings. The summed E-state index contributed by atoms with van der Waals surface area (Å²) in [6.45, 7) is 4.74. The van der Waals surface area contributed by atoms with Gasteiger partial charge in [-0.05, 0) is 32.4 Å².